The number of rotatable bonds is 5. The van der Waals surface area contributed by atoms with Crippen LogP contribution in [0, 0.1) is 11.6 Å². The zero-order chi connectivity index (χ0) is 24.6. The summed E-state index contributed by atoms with van der Waals surface area (Å²) in [6, 6.07) is 4.60. The molecule has 2 fully saturated rings. The molecule has 2 saturated heterocycles. The van der Waals surface area contributed by atoms with E-state index < -0.39 is 11.6 Å². The highest BCUT2D eigenvalue weighted by Crippen LogP contribution is 2.30. The summed E-state index contributed by atoms with van der Waals surface area (Å²) in [4.78, 5) is 11.3. The molecule has 6 rings (SSSR count). The highest BCUT2D eigenvalue weighted by Gasteiger charge is 2.27. The molecule has 3 aromatic heterocycles. The smallest absolute Gasteiger partial charge is 0.232 e. The van der Waals surface area contributed by atoms with Crippen molar-refractivity contribution in [2.24, 2.45) is 0 Å². The average molecular weight is 559 g/mol. The first-order chi connectivity index (χ1) is 17.6. The third kappa shape index (κ3) is 4.48. The van der Waals surface area contributed by atoms with Crippen molar-refractivity contribution in [3.8, 4) is 11.4 Å². The number of nitrogens with zero attached hydrogens (tertiary/aromatic N) is 7. The van der Waals surface area contributed by atoms with E-state index in [-0.39, 0.29) is 17.3 Å². The van der Waals surface area contributed by atoms with E-state index in [9.17, 15) is 8.78 Å². The monoisotopic (exact) mass is 558 g/mol. The number of ether oxygens (including phenoxy) is 1. The molecule has 1 N–H and O–H groups in total. The number of fused-ring (bicyclic) bond motifs is 1. The number of halogens is 3. The van der Waals surface area contributed by atoms with Crippen molar-refractivity contribution in [2.45, 2.75) is 37.8 Å². The summed E-state index contributed by atoms with van der Waals surface area (Å²) < 4.78 is 38.5. The van der Waals surface area contributed by atoms with E-state index >= 15 is 0 Å². The van der Waals surface area contributed by atoms with Gasteiger partial charge in [0.15, 0.2) is 11.5 Å². The molecule has 9 nitrogen and oxygen atoms in total. The van der Waals surface area contributed by atoms with Crippen LogP contribution in [0.2, 0.25) is 0 Å². The van der Waals surface area contributed by atoms with Gasteiger partial charge in [-0.2, -0.15) is 19.7 Å². The number of benzene rings is 1. The Morgan fingerprint density at radius 2 is 1.69 bits per heavy atom. The van der Waals surface area contributed by atoms with Gasteiger partial charge in [-0.15, -0.1) is 0 Å². The van der Waals surface area contributed by atoms with Crippen LogP contribution in [-0.2, 0) is 4.74 Å². The molecule has 2 aliphatic heterocycles. The van der Waals surface area contributed by atoms with Crippen molar-refractivity contribution in [3.05, 3.63) is 52.9 Å². The maximum Gasteiger partial charge on any atom is 0.232 e. The third-order valence-corrected chi connectivity index (χ3v) is 7.51. The second-order valence-corrected chi connectivity index (χ2v) is 9.99. The molecule has 12 heteroatoms. The minimum absolute atomic E-state index is 0.0744. The van der Waals surface area contributed by atoms with E-state index in [1.54, 1.807) is 12.4 Å². The lowest BCUT2D eigenvalue weighted by atomic mass is 10.00. The van der Waals surface area contributed by atoms with E-state index in [1.807, 2.05) is 10.9 Å². The van der Waals surface area contributed by atoms with Crippen molar-refractivity contribution in [2.75, 3.05) is 31.6 Å². The Labute approximate surface area is 214 Å². The SMILES string of the molecule is Fc1cccc(F)c1-c1nc(Nc2cnn(C3CCN(C4CCOCC4)CC3)c2)n2ncc(Br)c2n1. The van der Waals surface area contributed by atoms with Crippen LogP contribution in [0.3, 0.4) is 0 Å². The van der Waals surface area contributed by atoms with E-state index in [2.05, 4.69) is 46.3 Å². The second-order valence-electron chi connectivity index (χ2n) is 9.14. The Bertz CT molecular complexity index is 1360. The second kappa shape index (κ2) is 9.83. The van der Waals surface area contributed by atoms with Gasteiger partial charge < -0.3 is 15.0 Å². The average Bonchev–Trinajstić information content (AvgIpc) is 3.52. The van der Waals surface area contributed by atoms with Crippen LogP contribution < -0.4 is 5.32 Å². The first-order valence-corrected chi connectivity index (χ1v) is 12.8. The predicted molar refractivity (Wildman–Crippen MR) is 133 cm³/mol. The minimum atomic E-state index is -0.735. The number of hydrogen-bond acceptors (Lipinski definition) is 7. The fourth-order valence-corrected chi connectivity index (χ4v) is 5.40. The van der Waals surface area contributed by atoms with Crippen LogP contribution in [-0.4, -0.2) is 66.6 Å². The third-order valence-electron chi connectivity index (χ3n) is 6.95. The van der Waals surface area contributed by atoms with E-state index in [1.165, 1.54) is 22.7 Å². The molecular formula is C24H25BrF2N8O. The molecule has 0 atom stereocenters. The first kappa shape index (κ1) is 23.4. The van der Waals surface area contributed by atoms with Crippen molar-refractivity contribution < 1.29 is 13.5 Å². The molecular weight excluding hydrogens is 534 g/mol. The highest BCUT2D eigenvalue weighted by molar-refractivity contribution is 9.10. The Kier molecular flexibility index (Phi) is 6.40. The van der Waals surface area contributed by atoms with E-state index in [4.69, 9.17) is 4.74 Å². The molecule has 1 aromatic carbocycles. The lowest BCUT2D eigenvalue weighted by molar-refractivity contribution is 0.0212. The number of likely N-dealkylation sites (tertiary alicyclic amines) is 1. The van der Waals surface area contributed by atoms with Gasteiger partial charge in [0.05, 0.1) is 34.2 Å². The minimum Gasteiger partial charge on any atom is -0.381 e. The summed E-state index contributed by atoms with van der Waals surface area (Å²) >= 11 is 3.40. The van der Waals surface area contributed by atoms with Gasteiger partial charge in [0.2, 0.25) is 5.95 Å². The summed E-state index contributed by atoms with van der Waals surface area (Å²) in [6.07, 6.45) is 9.49. The van der Waals surface area contributed by atoms with Crippen molar-refractivity contribution in [1.82, 2.24) is 34.3 Å². The maximum atomic E-state index is 14.5. The number of anilines is 2. The largest absolute Gasteiger partial charge is 0.381 e. The molecule has 188 valence electrons. The van der Waals surface area contributed by atoms with Crippen molar-refractivity contribution >= 4 is 33.2 Å². The van der Waals surface area contributed by atoms with Crippen LogP contribution in [0.5, 0.6) is 0 Å². The maximum absolute atomic E-state index is 14.5. The van der Waals surface area contributed by atoms with E-state index in [0.29, 0.717) is 27.9 Å². The van der Waals surface area contributed by atoms with Crippen LogP contribution in [0.1, 0.15) is 31.7 Å². The van der Waals surface area contributed by atoms with Crippen LogP contribution in [0.15, 0.2) is 41.3 Å². The summed E-state index contributed by atoms with van der Waals surface area (Å²) in [5, 5.41) is 12.1. The summed E-state index contributed by atoms with van der Waals surface area (Å²) in [5.74, 6) is -1.27. The van der Waals surface area contributed by atoms with Gasteiger partial charge in [-0.3, -0.25) is 4.68 Å². The number of piperidine rings is 1. The highest BCUT2D eigenvalue weighted by atomic mass is 79.9. The number of hydrogen-bond donors (Lipinski definition) is 1. The Balaban J connectivity index is 1.23. The Morgan fingerprint density at radius 1 is 0.944 bits per heavy atom. The van der Waals surface area contributed by atoms with Gasteiger partial charge in [-0.25, -0.2) is 13.8 Å². The Morgan fingerprint density at radius 3 is 2.44 bits per heavy atom. The topological polar surface area (TPSA) is 85.4 Å². The molecule has 5 heterocycles. The van der Waals surface area contributed by atoms with Gasteiger partial charge in [0.25, 0.3) is 0 Å². The van der Waals surface area contributed by atoms with E-state index in [0.717, 1.165) is 52.0 Å². The fourth-order valence-electron chi connectivity index (χ4n) is 5.05. The van der Waals surface area contributed by atoms with Crippen molar-refractivity contribution in [3.63, 3.8) is 0 Å². The van der Waals surface area contributed by atoms with Crippen LogP contribution in [0.25, 0.3) is 17.0 Å². The molecule has 0 radical (unpaired) electrons. The normalized spacial score (nSPS) is 18.2. The summed E-state index contributed by atoms with van der Waals surface area (Å²) in [7, 11) is 0. The predicted octanol–water partition coefficient (Wildman–Crippen LogP) is 4.59. The van der Waals surface area contributed by atoms with Gasteiger partial charge in [0, 0.05) is 38.5 Å². The number of aromatic nitrogens is 6. The summed E-state index contributed by atoms with van der Waals surface area (Å²) in [5.41, 5.74) is 0.801. The van der Waals surface area contributed by atoms with Gasteiger partial charge in [-0.05, 0) is 53.7 Å². The van der Waals surface area contributed by atoms with Crippen LogP contribution in [0.4, 0.5) is 20.4 Å². The number of nitrogens with one attached hydrogen (secondary N) is 1. The first-order valence-electron chi connectivity index (χ1n) is 12.1. The molecule has 36 heavy (non-hydrogen) atoms. The molecule has 0 saturated carbocycles. The quantitative estimate of drug-likeness (QED) is 0.383. The van der Waals surface area contributed by atoms with Crippen LogP contribution >= 0.6 is 15.9 Å². The van der Waals surface area contributed by atoms with Crippen molar-refractivity contribution in [1.29, 1.82) is 0 Å². The molecule has 0 spiro atoms. The Hall–Kier alpha value is -2.96. The molecule has 4 aromatic rings. The fraction of sp³-hybridized carbons (Fsp3) is 0.417. The van der Waals surface area contributed by atoms with Gasteiger partial charge in [0.1, 0.15) is 11.6 Å². The standard InChI is InChI=1S/C24H25BrF2N8O/c25-18-13-29-35-23(18)31-22(21-19(26)2-1-3-20(21)27)32-24(35)30-15-12-28-34(14-15)17-4-8-33(9-5-17)16-6-10-36-11-7-16/h1-3,12-14,16-17H,4-11H2,(H,30,31,32). The van der Waals surface area contributed by atoms with Gasteiger partial charge in [-0.1, -0.05) is 6.07 Å². The summed E-state index contributed by atoms with van der Waals surface area (Å²) in [6.45, 7) is 3.80. The molecule has 0 bridgehead atoms. The molecule has 0 aliphatic carbocycles. The zero-order valence-corrected chi connectivity index (χ0v) is 21.0. The molecule has 0 unspecified atom stereocenters. The molecule has 0 amide bonds. The zero-order valence-electron chi connectivity index (χ0n) is 19.4. The van der Waals surface area contributed by atoms with Gasteiger partial charge >= 0.3 is 0 Å². The molecule has 2 aliphatic rings. The lowest BCUT2D eigenvalue weighted by Crippen LogP contribution is -2.44. The lowest BCUT2D eigenvalue weighted by Gasteiger charge is -2.39.